The highest BCUT2D eigenvalue weighted by Gasteiger charge is 2.32. The first kappa shape index (κ1) is 30.4. The Morgan fingerprint density at radius 1 is 0.809 bits per heavy atom. The molecule has 0 saturated carbocycles. The number of benzene rings is 4. The molecule has 5 aromatic rings. The number of sulfonamides is 1. The minimum absolute atomic E-state index is 0.143. The van der Waals surface area contributed by atoms with E-state index in [2.05, 4.69) is 32.7 Å². The van der Waals surface area contributed by atoms with E-state index in [-0.39, 0.29) is 10.8 Å². The molecule has 3 heterocycles. The van der Waals surface area contributed by atoms with Crippen LogP contribution in [0.4, 0.5) is 22.7 Å². The number of hydrogen-bond acceptors (Lipinski definition) is 6. The fraction of sp³-hybridized carbons (Fsp3) is 0.158. The third-order valence-corrected chi connectivity index (χ3v) is 10.3. The molecule has 0 bridgehead atoms. The van der Waals surface area contributed by atoms with E-state index in [1.54, 1.807) is 66.9 Å². The van der Waals surface area contributed by atoms with Crippen molar-refractivity contribution in [2.45, 2.75) is 30.7 Å². The van der Waals surface area contributed by atoms with Gasteiger partial charge in [-0.2, -0.15) is 0 Å². The number of carbonyl (C=O) groups excluding carboxylic acids is 1. The van der Waals surface area contributed by atoms with Crippen molar-refractivity contribution in [3.8, 4) is 0 Å². The Kier molecular flexibility index (Phi) is 8.56. The first-order valence-corrected chi connectivity index (χ1v) is 17.3. The van der Waals surface area contributed by atoms with E-state index >= 15 is 0 Å². The summed E-state index contributed by atoms with van der Waals surface area (Å²) in [6.45, 7) is 3.18. The van der Waals surface area contributed by atoms with E-state index in [0.29, 0.717) is 33.9 Å². The summed E-state index contributed by atoms with van der Waals surface area (Å²) in [6, 6.07) is 34.9. The maximum Gasteiger partial charge on any atom is 0.268 e. The zero-order valence-corrected chi connectivity index (χ0v) is 26.7. The van der Waals surface area contributed by atoms with Gasteiger partial charge in [-0.05, 0) is 91.7 Å². The first-order valence-electron chi connectivity index (χ1n) is 15.8. The van der Waals surface area contributed by atoms with Crippen molar-refractivity contribution in [2.24, 2.45) is 0 Å². The van der Waals surface area contributed by atoms with Crippen LogP contribution in [-0.2, 0) is 21.4 Å². The van der Waals surface area contributed by atoms with Crippen molar-refractivity contribution in [3.63, 3.8) is 0 Å². The maximum atomic E-state index is 14.1. The van der Waals surface area contributed by atoms with Crippen LogP contribution in [0.5, 0.6) is 0 Å². The average Bonchev–Trinajstić information content (AvgIpc) is 3.44. The number of pyridine rings is 1. The molecule has 0 spiro atoms. The molecular weight excluding hydrogens is 607 g/mol. The Balaban J connectivity index is 1.31. The van der Waals surface area contributed by atoms with Crippen molar-refractivity contribution < 1.29 is 13.2 Å². The van der Waals surface area contributed by atoms with E-state index in [9.17, 15) is 13.2 Å². The van der Waals surface area contributed by atoms with E-state index in [4.69, 9.17) is 0 Å². The van der Waals surface area contributed by atoms with Crippen LogP contribution < -0.4 is 14.9 Å². The first-order chi connectivity index (χ1) is 23.0. The normalized spacial score (nSPS) is 15.9. The molecule has 236 valence electrons. The van der Waals surface area contributed by atoms with Crippen LogP contribution in [-0.4, -0.2) is 37.3 Å². The Hall–Kier alpha value is -5.25. The summed E-state index contributed by atoms with van der Waals surface area (Å²) in [6.07, 6.45) is 6.91. The number of nitrogens with zero attached hydrogens (tertiary/aromatic N) is 3. The van der Waals surface area contributed by atoms with Gasteiger partial charge in [0.15, 0.2) is 0 Å². The molecule has 0 unspecified atom stereocenters. The van der Waals surface area contributed by atoms with Gasteiger partial charge in [-0.15, -0.1) is 0 Å². The molecule has 0 radical (unpaired) electrons. The molecule has 4 aromatic carbocycles. The Labute approximate surface area is 275 Å². The number of anilines is 4. The summed E-state index contributed by atoms with van der Waals surface area (Å²) in [5.41, 5.74) is 5.93. The number of hydrogen-bond donors (Lipinski definition) is 2. The van der Waals surface area contributed by atoms with Crippen LogP contribution in [0.15, 0.2) is 133 Å². The zero-order valence-electron chi connectivity index (χ0n) is 25.8. The van der Waals surface area contributed by atoms with Gasteiger partial charge in [0.25, 0.3) is 15.9 Å². The highest BCUT2D eigenvalue weighted by molar-refractivity contribution is 7.93. The predicted octanol–water partition coefficient (Wildman–Crippen LogP) is 7.53. The van der Waals surface area contributed by atoms with Crippen LogP contribution in [0.25, 0.3) is 11.3 Å². The third-order valence-electron chi connectivity index (χ3n) is 8.53. The molecule has 1 aromatic heterocycles. The maximum absolute atomic E-state index is 14.1. The molecule has 2 N–H and O–H groups in total. The van der Waals surface area contributed by atoms with Crippen molar-refractivity contribution in [1.82, 2.24) is 9.88 Å². The summed E-state index contributed by atoms with van der Waals surface area (Å²) in [4.78, 5) is 20.6. The summed E-state index contributed by atoms with van der Waals surface area (Å²) >= 11 is 0. The van der Waals surface area contributed by atoms with Gasteiger partial charge >= 0.3 is 0 Å². The second-order valence-electron chi connectivity index (χ2n) is 11.8. The van der Waals surface area contributed by atoms with Crippen LogP contribution in [0.2, 0.25) is 0 Å². The molecule has 2 aliphatic heterocycles. The van der Waals surface area contributed by atoms with Crippen molar-refractivity contribution in [2.75, 3.05) is 28.0 Å². The number of amides is 1. The summed E-state index contributed by atoms with van der Waals surface area (Å²) < 4.78 is 29.5. The molecule has 2 aliphatic rings. The minimum Gasteiger partial charge on any atom is -0.354 e. The third kappa shape index (κ3) is 6.40. The lowest BCUT2D eigenvalue weighted by Crippen LogP contribution is -2.29. The molecular formula is C38H35N5O3S. The predicted molar refractivity (Wildman–Crippen MR) is 188 cm³/mol. The lowest BCUT2D eigenvalue weighted by Gasteiger charge is -2.26. The van der Waals surface area contributed by atoms with E-state index < -0.39 is 10.0 Å². The average molecular weight is 642 g/mol. The minimum atomic E-state index is -4.04. The monoisotopic (exact) mass is 641 g/mol. The molecule has 9 heteroatoms. The second-order valence-corrected chi connectivity index (χ2v) is 13.5. The van der Waals surface area contributed by atoms with E-state index in [1.165, 1.54) is 35.3 Å². The summed E-state index contributed by atoms with van der Waals surface area (Å²) in [5.74, 6) is -0.274. The van der Waals surface area contributed by atoms with Crippen LogP contribution in [0, 0.1) is 0 Å². The number of piperidine rings is 1. The number of nitrogens with one attached hydrogen (secondary N) is 2. The molecule has 0 atom stereocenters. The molecule has 0 aliphatic carbocycles. The molecule has 1 fully saturated rings. The topological polar surface area (TPSA) is 94.6 Å². The fourth-order valence-corrected chi connectivity index (χ4v) is 7.71. The molecule has 8 nitrogen and oxygen atoms in total. The van der Waals surface area contributed by atoms with Crippen LogP contribution >= 0.6 is 0 Å². The largest absolute Gasteiger partial charge is 0.354 e. The Bertz CT molecular complexity index is 2010. The van der Waals surface area contributed by atoms with Crippen LogP contribution in [0.3, 0.4) is 0 Å². The van der Waals surface area contributed by atoms with Crippen molar-refractivity contribution in [3.05, 3.63) is 144 Å². The number of aromatic nitrogens is 1. The number of likely N-dealkylation sites (tertiary alicyclic amines) is 1. The van der Waals surface area contributed by atoms with Gasteiger partial charge in [0.2, 0.25) is 0 Å². The van der Waals surface area contributed by atoms with Gasteiger partial charge in [0.05, 0.1) is 33.7 Å². The zero-order chi connectivity index (χ0) is 32.2. The van der Waals surface area contributed by atoms with Gasteiger partial charge in [0, 0.05) is 29.7 Å². The van der Waals surface area contributed by atoms with Gasteiger partial charge in [-0.25, -0.2) is 12.7 Å². The highest BCUT2D eigenvalue weighted by atomic mass is 32.2. The lowest BCUT2D eigenvalue weighted by atomic mass is 9.99. The summed E-state index contributed by atoms with van der Waals surface area (Å²) in [7, 11) is -4.04. The fourth-order valence-electron chi connectivity index (χ4n) is 6.23. The number of fused-ring (bicyclic) bond motifs is 1. The van der Waals surface area contributed by atoms with Gasteiger partial charge in [-0.1, -0.05) is 67.1 Å². The van der Waals surface area contributed by atoms with Crippen molar-refractivity contribution >= 4 is 50.0 Å². The van der Waals surface area contributed by atoms with Crippen molar-refractivity contribution in [1.29, 1.82) is 0 Å². The molecule has 7 rings (SSSR count). The van der Waals surface area contributed by atoms with Gasteiger partial charge in [0.1, 0.15) is 0 Å². The molecule has 47 heavy (non-hydrogen) atoms. The lowest BCUT2D eigenvalue weighted by molar-refractivity contribution is -0.110. The second kappa shape index (κ2) is 13.2. The van der Waals surface area contributed by atoms with E-state index in [1.807, 2.05) is 42.5 Å². The Morgan fingerprint density at radius 3 is 2.23 bits per heavy atom. The standard InChI is InChI=1S/C38H35N5O3S/c44-38-36(37(29-11-4-1-5-12-29)40-30-18-16-28(17-19-30)27-42-23-8-3-9-24-42)34-25-31(20-21-35(34)41-38)43(32-13-10-22-39-26-32)47(45,46)33-14-6-2-7-15-33/h1-2,4-7,10-22,25-26,40H,3,8-9,23-24,27H2,(H,41,44). The molecule has 1 amide bonds. The summed E-state index contributed by atoms with van der Waals surface area (Å²) in [5, 5.41) is 6.53. The number of carbonyl (C=O) groups is 1. The van der Waals surface area contributed by atoms with Gasteiger partial charge in [-0.3, -0.25) is 14.7 Å². The number of rotatable bonds is 9. The van der Waals surface area contributed by atoms with Crippen LogP contribution in [0.1, 0.15) is 36.0 Å². The van der Waals surface area contributed by atoms with E-state index in [0.717, 1.165) is 30.9 Å². The molecule has 1 saturated heterocycles. The Morgan fingerprint density at radius 2 is 1.53 bits per heavy atom. The quantitative estimate of drug-likeness (QED) is 0.162. The highest BCUT2D eigenvalue weighted by Crippen LogP contribution is 2.42. The van der Waals surface area contributed by atoms with Gasteiger partial charge < -0.3 is 10.6 Å². The smallest absolute Gasteiger partial charge is 0.268 e. The SMILES string of the molecule is O=C1Nc2ccc(N(c3cccnc3)S(=O)(=O)c3ccccc3)cc2C1=C(Nc1ccc(CN2CCCCC2)cc1)c1ccccc1.